The third-order valence-corrected chi connectivity index (χ3v) is 4.29. The van der Waals surface area contributed by atoms with Crippen molar-refractivity contribution in [2.45, 2.75) is 32.0 Å². The molecule has 0 radical (unpaired) electrons. The minimum Gasteiger partial charge on any atom is -0.394 e. The van der Waals surface area contributed by atoms with Crippen LogP contribution in [0, 0.1) is 0 Å². The number of morpholine rings is 1. The van der Waals surface area contributed by atoms with Crippen molar-refractivity contribution in [1.82, 2.24) is 4.90 Å². The number of benzene rings is 1. The Balaban J connectivity index is 2.10. The first kappa shape index (κ1) is 15.6. The van der Waals surface area contributed by atoms with E-state index < -0.39 is 0 Å². The number of hydrogen-bond donors (Lipinski definition) is 1. The Morgan fingerprint density at radius 1 is 1.50 bits per heavy atom. The highest BCUT2D eigenvalue weighted by atomic mass is 79.9. The van der Waals surface area contributed by atoms with E-state index in [4.69, 9.17) is 4.74 Å². The summed E-state index contributed by atoms with van der Waals surface area (Å²) in [5, 5.41) is 9.22. The van der Waals surface area contributed by atoms with Crippen LogP contribution in [0.1, 0.15) is 24.2 Å². The Hall–Kier alpha value is -0.750. The van der Waals surface area contributed by atoms with Crippen LogP contribution in [0.2, 0.25) is 0 Å². The van der Waals surface area contributed by atoms with Gasteiger partial charge in [-0.3, -0.25) is 9.69 Å². The molecule has 2 rings (SSSR count). The molecule has 0 spiro atoms. The summed E-state index contributed by atoms with van der Waals surface area (Å²) in [5.41, 5.74) is 0.708. The molecule has 5 heteroatoms. The lowest BCUT2D eigenvalue weighted by Crippen LogP contribution is -2.55. The standard InChI is InChI=1S/C15H20BrNO3/c1-10-9-20-14(8-18)7-17(10)11(2)15(19)12-3-5-13(16)6-4-12/h3-6,10-11,14,18H,7-9H2,1-2H3. The average Bonchev–Trinajstić information content (AvgIpc) is 2.47. The lowest BCUT2D eigenvalue weighted by atomic mass is 10.0. The van der Waals surface area contributed by atoms with Crippen LogP contribution < -0.4 is 0 Å². The van der Waals surface area contributed by atoms with E-state index in [0.29, 0.717) is 18.7 Å². The third-order valence-electron chi connectivity index (χ3n) is 3.76. The summed E-state index contributed by atoms with van der Waals surface area (Å²) in [5.74, 6) is 0.0999. The van der Waals surface area contributed by atoms with Crippen LogP contribution in [0.4, 0.5) is 0 Å². The molecule has 1 N–H and O–H groups in total. The predicted octanol–water partition coefficient (Wildman–Crippen LogP) is 2.10. The molecule has 3 unspecified atom stereocenters. The van der Waals surface area contributed by atoms with E-state index in [-0.39, 0.29) is 30.6 Å². The van der Waals surface area contributed by atoms with E-state index >= 15 is 0 Å². The number of ketones is 1. The molecule has 3 atom stereocenters. The first-order valence-corrected chi connectivity index (χ1v) is 7.60. The Labute approximate surface area is 127 Å². The Bertz CT molecular complexity index is 463. The fourth-order valence-corrected chi connectivity index (χ4v) is 2.76. The topological polar surface area (TPSA) is 49.8 Å². The summed E-state index contributed by atoms with van der Waals surface area (Å²) in [6.07, 6.45) is -0.202. The fraction of sp³-hybridized carbons (Fsp3) is 0.533. The van der Waals surface area contributed by atoms with E-state index in [2.05, 4.69) is 20.8 Å². The Morgan fingerprint density at radius 2 is 2.15 bits per heavy atom. The van der Waals surface area contributed by atoms with Gasteiger partial charge in [0, 0.05) is 22.6 Å². The van der Waals surface area contributed by atoms with Gasteiger partial charge in [-0.15, -0.1) is 0 Å². The highest BCUT2D eigenvalue weighted by Gasteiger charge is 2.32. The van der Waals surface area contributed by atoms with Crippen LogP contribution in [0.25, 0.3) is 0 Å². The number of nitrogens with zero attached hydrogens (tertiary/aromatic N) is 1. The second kappa shape index (κ2) is 6.80. The largest absolute Gasteiger partial charge is 0.394 e. The number of halogens is 1. The maximum Gasteiger partial charge on any atom is 0.179 e. The molecular formula is C15H20BrNO3. The lowest BCUT2D eigenvalue weighted by molar-refractivity contribution is -0.0846. The van der Waals surface area contributed by atoms with Gasteiger partial charge in [0.25, 0.3) is 0 Å². The molecule has 20 heavy (non-hydrogen) atoms. The van der Waals surface area contributed by atoms with Crippen molar-refractivity contribution in [3.8, 4) is 0 Å². The van der Waals surface area contributed by atoms with Crippen molar-refractivity contribution in [1.29, 1.82) is 0 Å². The van der Waals surface area contributed by atoms with Gasteiger partial charge < -0.3 is 9.84 Å². The van der Waals surface area contributed by atoms with Crippen molar-refractivity contribution in [3.63, 3.8) is 0 Å². The minimum atomic E-state index is -0.218. The maximum absolute atomic E-state index is 12.5. The molecule has 110 valence electrons. The smallest absolute Gasteiger partial charge is 0.179 e. The van der Waals surface area contributed by atoms with E-state index in [9.17, 15) is 9.90 Å². The molecular weight excluding hydrogens is 322 g/mol. The molecule has 0 aliphatic carbocycles. The van der Waals surface area contributed by atoms with Gasteiger partial charge in [0.2, 0.25) is 0 Å². The van der Waals surface area contributed by atoms with Crippen LogP contribution in [0.3, 0.4) is 0 Å². The number of rotatable bonds is 4. The molecule has 1 fully saturated rings. The summed E-state index contributed by atoms with van der Waals surface area (Å²) >= 11 is 3.37. The van der Waals surface area contributed by atoms with Gasteiger partial charge in [0.15, 0.2) is 5.78 Å². The van der Waals surface area contributed by atoms with E-state index in [0.717, 1.165) is 4.47 Å². The van der Waals surface area contributed by atoms with Gasteiger partial charge in [0.05, 0.1) is 25.4 Å². The van der Waals surface area contributed by atoms with Gasteiger partial charge >= 0.3 is 0 Å². The van der Waals surface area contributed by atoms with Gasteiger partial charge in [-0.25, -0.2) is 0 Å². The molecule has 1 heterocycles. The molecule has 1 saturated heterocycles. The first-order valence-electron chi connectivity index (χ1n) is 6.81. The van der Waals surface area contributed by atoms with Crippen LogP contribution in [-0.4, -0.2) is 53.7 Å². The average molecular weight is 342 g/mol. The van der Waals surface area contributed by atoms with Crippen molar-refractivity contribution in [3.05, 3.63) is 34.3 Å². The normalized spacial score (nSPS) is 25.4. The quantitative estimate of drug-likeness (QED) is 0.852. The summed E-state index contributed by atoms with van der Waals surface area (Å²) in [6.45, 7) is 5.08. The SMILES string of the molecule is CC1COC(CO)CN1C(C)C(=O)c1ccc(Br)cc1. The summed E-state index contributed by atoms with van der Waals surface area (Å²) < 4.78 is 6.47. The molecule has 1 aromatic carbocycles. The van der Waals surface area contributed by atoms with E-state index in [1.165, 1.54) is 0 Å². The van der Waals surface area contributed by atoms with E-state index in [1.54, 1.807) is 0 Å². The number of ether oxygens (including phenoxy) is 1. The molecule has 0 saturated carbocycles. The number of Topliss-reactive ketones (excluding diaryl/α,β-unsaturated/α-hetero) is 1. The van der Waals surface area contributed by atoms with Crippen molar-refractivity contribution >= 4 is 21.7 Å². The van der Waals surface area contributed by atoms with Crippen LogP contribution in [0.5, 0.6) is 0 Å². The fourth-order valence-electron chi connectivity index (χ4n) is 2.50. The minimum absolute atomic E-state index is 0.0115. The zero-order valence-electron chi connectivity index (χ0n) is 11.8. The maximum atomic E-state index is 12.5. The van der Waals surface area contributed by atoms with Gasteiger partial charge in [-0.1, -0.05) is 28.1 Å². The molecule has 1 aliphatic rings. The van der Waals surface area contributed by atoms with Gasteiger partial charge in [0.1, 0.15) is 0 Å². The number of hydrogen-bond acceptors (Lipinski definition) is 4. The predicted molar refractivity (Wildman–Crippen MR) is 80.9 cm³/mol. The van der Waals surface area contributed by atoms with Crippen molar-refractivity contribution in [2.75, 3.05) is 19.8 Å². The Kier molecular flexibility index (Phi) is 5.32. The lowest BCUT2D eigenvalue weighted by Gasteiger charge is -2.40. The molecule has 1 aromatic rings. The van der Waals surface area contributed by atoms with Crippen LogP contribution in [0.15, 0.2) is 28.7 Å². The molecule has 0 amide bonds. The first-order chi connectivity index (χ1) is 9.52. The molecule has 0 bridgehead atoms. The van der Waals surface area contributed by atoms with Crippen LogP contribution >= 0.6 is 15.9 Å². The summed E-state index contributed by atoms with van der Waals surface area (Å²) in [7, 11) is 0. The highest BCUT2D eigenvalue weighted by Crippen LogP contribution is 2.19. The third kappa shape index (κ3) is 3.47. The van der Waals surface area contributed by atoms with E-state index in [1.807, 2.05) is 38.1 Å². The van der Waals surface area contributed by atoms with Gasteiger partial charge in [-0.2, -0.15) is 0 Å². The molecule has 0 aromatic heterocycles. The molecule has 1 aliphatic heterocycles. The van der Waals surface area contributed by atoms with Crippen molar-refractivity contribution < 1.29 is 14.6 Å². The van der Waals surface area contributed by atoms with Gasteiger partial charge in [-0.05, 0) is 26.0 Å². The monoisotopic (exact) mass is 341 g/mol. The number of aliphatic hydroxyl groups excluding tert-OH is 1. The number of carbonyl (C=O) groups is 1. The number of aliphatic hydroxyl groups is 1. The second-order valence-electron chi connectivity index (χ2n) is 5.23. The molecule has 4 nitrogen and oxygen atoms in total. The van der Waals surface area contributed by atoms with Crippen molar-refractivity contribution in [2.24, 2.45) is 0 Å². The second-order valence-corrected chi connectivity index (χ2v) is 6.15. The summed E-state index contributed by atoms with van der Waals surface area (Å²) in [4.78, 5) is 14.6. The zero-order chi connectivity index (χ0) is 14.7. The highest BCUT2D eigenvalue weighted by molar-refractivity contribution is 9.10. The van der Waals surface area contributed by atoms with Crippen LogP contribution in [-0.2, 0) is 4.74 Å². The Morgan fingerprint density at radius 3 is 2.75 bits per heavy atom. The zero-order valence-corrected chi connectivity index (χ0v) is 13.3. The summed E-state index contributed by atoms with van der Waals surface area (Å²) in [6, 6.07) is 7.37. The number of carbonyl (C=O) groups excluding carboxylic acids is 1.